The van der Waals surface area contributed by atoms with Gasteiger partial charge >= 0.3 is 0 Å². The first-order chi connectivity index (χ1) is 18.5. The monoisotopic (exact) mass is 597 g/mol. The van der Waals surface area contributed by atoms with Gasteiger partial charge in [-0.1, -0.05) is 42.1 Å². The van der Waals surface area contributed by atoms with Crippen molar-refractivity contribution in [2.45, 2.75) is 64.1 Å². The van der Waals surface area contributed by atoms with E-state index in [4.69, 9.17) is 32.7 Å². The summed E-state index contributed by atoms with van der Waals surface area (Å²) in [4.78, 5) is 28.1. The summed E-state index contributed by atoms with van der Waals surface area (Å²) in [5, 5.41) is 3.85. The van der Waals surface area contributed by atoms with Crippen LogP contribution in [0.5, 0.6) is 11.5 Å². The number of sulfonamides is 1. The Morgan fingerprint density at radius 3 is 2.41 bits per heavy atom. The van der Waals surface area contributed by atoms with Crippen LogP contribution in [0.15, 0.2) is 36.4 Å². The number of anilines is 1. The number of carbonyl (C=O) groups is 2. The number of nitrogens with zero attached hydrogens (tertiary/aromatic N) is 2. The lowest BCUT2D eigenvalue weighted by Crippen LogP contribution is -2.49. The number of rotatable bonds is 11. The summed E-state index contributed by atoms with van der Waals surface area (Å²) in [6, 6.07) is 9.31. The molecule has 1 heterocycles. The van der Waals surface area contributed by atoms with Gasteiger partial charge in [-0.3, -0.25) is 13.9 Å². The van der Waals surface area contributed by atoms with E-state index < -0.39 is 16.1 Å². The van der Waals surface area contributed by atoms with E-state index in [0.29, 0.717) is 32.8 Å². The summed E-state index contributed by atoms with van der Waals surface area (Å²) in [6.45, 7) is 1.87. The van der Waals surface area contributed by atoms with Crippen molar-refractivity contribution in [3.63, 3.8) is 0 Å². The molecule has 1 N–H and O–H groups in total. The first-order valence-corrected chi connectivity index (χ1v) is 15.5. The van der Waals surface area contributed by atoms with E-state index in [0.717, 1.165) is 31.9 Å². The highest BCUT2D eigenvalue weighted by molar-refractivity contribution is 7.92. The summed E-state index contributed by atoms with van der Waals surface area (Å²) >= 11 is 12.8. The van der Waals surface area contributed by atoms with E-state index >= 15 is 0 Å². The molecule has 2 amide bonds. The van der Waals surface area contributed by atoms with Gasteiger partial charge in [0.05, 0.1) is 11.9 Å². The molecule has 2 aromatic rings. The highest BCUT2D eigenvalue weighted by Crippen LogP contribution is 2.36. The van der Waals surface area contributed by atoms with Gasteiger partial charge in [0.25, 0.3) is 0 Å². The lowest BCUT2D eigenvalue weighted by Gasteiger charge is -2.30. The molecule has 1 fully saturated rings. The molecule has 39 heavy (non-hydrogen) atoms. The topological polar surface area (TPSA) is 105 Å². The number of carbonyl (C=O) groups excluding carboxylic acids is 2. The van der Waals surface area contributed by atoms with Crippen molar-refractivity contribution < 1.29 is 27.5 Å². The number of amides is 2. The van der Waals surface area contributed by atoms with Gasteiger partial charge in [-0.2, -0.15) is 0 Å². The van der Waals surface area contributed by atoms with Crippen molar-refractivity contribution in [3.05, 3.63) is 52.0 Å². The molecule has 1 aliphatic carbocycles. The Morgan fingerprint density at radius 1 is 1.08 bits per heavy atom. The van der Waals surface area contributed by atoms with Crippen molar-refractivity contribution in [2.75, 3.05) is 23.9 Å². The van der Waals surface area contributed by atoms with Crippen molar-refractivity contribution in [1.29, 1.82) is 0 Å². The number of benzene rings is 2. The number of hydrogen-bond donors (Lipinski definition) is 1. The fourth-order valence-corrected chi connectivity index (χ4v) is 6.35. The molecule has 0 aromatic heterocycles. The maximum Gasteiger partial charge on any atom is 0.242 e. The van der Waals surface area contributed by atoms with Crippen molar-refractivity contribution in [3.8, 4) is 11.5 Å². The fourth-order valence-electron chi connectivity index (χ4n) is 4.87. The van der Waals surface area contributed by atoms with Crippen LogP contribution in [0.1, 0.15) is 51.0 Å². The number of halogens is 2. The summed E-state index contributed by atoms with van der Waals surface area (Å²) in [5.41, 5.74) is 0.964. The van der Waals surface area contributed by atoms with Gasteiger partial charge in [-0.25, -0.2) is 8.42 Å². The maximum atomic E-state index is 13.5. The Hall–Kier alpha value is -2.69. The van der Waals surface area contributed by atoms with Crippen LogP contribution < -0.4 is 19.1 Å². The van der Waals surface area contributed by atoms with Gasteiger partial charge in [0.15, 0.2) is 11.5 Å². The van der Waals surface area contributed by atoms with E-state index in [1.54, 1.807) is 43.3 Å². The summed E-state index contributed by atoms with van der Waals surface area (Å²) in [7, 11) is -3.64. The normalized spacial score (nSPS) is 15.7. The van der Waals surface area contributed by atoms with Crippen LogP contribution in [-0.4, -0.2) is 56.8 Å². The highest BCUT2D eigenvalue weighted by atomic mass is 35.5. The quantitative estimate of drug-likeness (QED) is 0.401. The second kappa shape index (κ2) is 12.7. The average Bonchev–Trinajstić information content (AvgIpc) is 3.57. The van der Waals surface area contributed by atoms with E-state index in [2.05, 4.69) is 5.32 Å². The van der Waals surface area contributed by atoms with Crippen molar-refractivity contribution in [2.24, 2.45) is 0 Å². The predicted octanol–water partition coefficient (Wildman–Crippen LogP) is 4.74. The fraction of sp³-hybridized carbons (Fsp3) is 0.481. The van der Waals surface area contributed by atoms with E-state index in [9.17, 15) is 18.0 Å². The second-order valence-corrected chi connectivity index (χ2v) is 12.6. The Morgan fingerprint density at radius 2 is 1.74 bits per heavy atom. The minimum atomic E-state index is -3.64. The zero-order valence-corrected chi connectivity index (χ0v) is 24.3. The molecule has 0 bridgehead atoms. The van der Waals surface area contributed by atoms with E-state index in [1.807, 2.05) is 0 Å². The smallest absolute Gasteiger partial charge is 0.242 e. The van der Waals surface area contributed by atoms with Crippen LogP contribution in [-0.2, 0) is 26.2 Å². The molecule has 1 atom stereocenters. The number of hydrogen-bond acceptors (Lipinski definition) is 6. The third-order valence-electron chi connectivity index (χ3n) is 7.06. The minimum Gasteiger partial charge on any atom is -0.454 e. The molecule has 212 valence electrons. The molecule has 2 aliphatic rings. The predicted molar refractivity (Wildman–Crippen MR) is 151 cm³/mol. The van der Waals surface area contributed by atoms with E-state index in [1.165, 1.54) is 9.21 Å². The second-order valence-electron chi connectivity index (χ2n) is 9.86. The molecule has 1 unspecified atom stereocenters. The van der Waals surface area contributed by atoms with Crippen molar-refractivity contribution in [1.82, 2.24) is 10.2 Å². The van der Waals surface area contributed by atoms with Gasteiger partial charge in [0.2, 0.25) is 28.6 Å². The number of nitrogens with one attached hydrogen (secondary N) is 1. The molecule has 1 saturated carbocycles. The lowest BCUT2D eigenvalue weighted by molar-refractivity contribution is -0.140. The lowest BCUT2D eigenvalue weighted by atomic mass is 10.1. The largest absolute Gasteiger partial charge is 0.454 e. The van der Waals surface area contributed by atoms with Crippen LogP contribution in [0.25, 0.3) is 0 Å². The van der Waals surface area contributed by atoms with Gasteiger partial charge in [-0.15, -0.1) is 0 Å². The standard InChI is InChI=1S/C27H33Cl2N3O6S/c1-18(27(34)30-19-7-3-4-8-19)31(16-21-22(28)9-5-10-23(21)29)26(33)11-6-14-32(39(2,35)36)20-12-13-24-25(15-20)38-17-37-24/h5,9-10,12-13,15,18-19H,3-4,6-8,11,14,16-17H2,1-2H3,(H,30,34). The Labute approximate surface area is 239 Å². The SMILES string of the molecule is CC(C(=O)NC1CCCC1)N(Cc1c(Cl)cccc1Cl)C(=O)CCCN(c1ccc2c(c1)OCO2)S(C)(=O)=O. The molecule has 9 nitrogen and oxygen atoms in total. The summed E-state index contributed by atoms with van der Waals surface area (Å²) < 4.78 is 37.1. The number of fused-ring (bicyclic) bond motifs is 1. The van der Waals surface area contributed by atoms with Crippen LogP contribution >= 0.6 is 23.2 Å². The summed E-state index contributed by atoms with van der Waals surface area (Å²) in [6.07, 6.45) is 5.33. The molecule has 4 rings (SSSR count). The molecular weight excluding hydrogens is 565 g/mol. The van der Waals surface area contributed by atoms with Crippen LogP contribution in [0.3, 0.4) is 0 Å². The average molecular weight is 599 g/mol. The Kier molecular flexibility index (Phi) is 9.51. The van der Waals surface area contributed by atoms with E-state index in [-0.39, 0.29) is 50.6 Å². The Balaban J connectivity index is 1.48. The molecular formula is C27H33Cl2N3O6S. The van der Waals surface area contributed by atoms with Gasteiger partial charge in [0.1, 0.15) is 6.04 Å². The summed E-state index contributed by atoms with van der Waals surface area (Å²) in [5.74, 6) is 0.457. The van der Waals surface area contributed by atoms with Gasteiger partial charge in [0, 0.05) is 47.2 Å². The molecule has 0 saturated heterocycles. The van der Waals surface area contributed by atoms with Gasteiger partial charge < -0.3 is 19.7 Å². The number of ether oxygens (including phenoxy) is 2. The van der Waals surface area contributed by atoms with Crippen LogP contribution in [0.4, 0.5) is 5.69 Å². The highest BCUT2D eigenvalue weighted by Gasteiger charge is 2.30. The molecule has 12 heteroatoms. The zero-order chi connectivity index (χ0) is 28.2. The van der Waals surface area contributed by atoms with Crippen LogP contribution in [0, 0.1) is 0 Å². The minimum absolute atomic E-state index is 0.0136. The zero-order valence-electron chi connectivity index (χ0n) is 22.0. The van der Waals surface area contributed by atoms with Crippen LogP contribution in [0.2, 0.25) is 10.0 Å². The third-order valence-corrected chi connectivity index (χ3v) is 8.96. The first-order valence-electron chi connectivity index (χ1n) is 12.9. The Bertz CT molecular complexity index is 1300. The first kappa shape index (κ1) is 29.3. The maximum absolute atomic E-state index is 13.5. The molecule has 0 spiro atoms. The molecule has 2 aromatic carbocycles. The third kappa shape index (κ3) is 7.29. The van der Waals surface area contributed by atoms with Crippen molar-refractivity contribution >= 4 is 50.7 Å². The molecule has 1 aliphatic heterocycles. The van der Waals surface area contributed by atoms with Gasteiger partial charge in [-0.05, 0) is 50.5 Å². The molecule has 0 radical (unpaired) electrons.